The topological polar surface area (TPSA) is 74.8 Å². The molecule has 0 bridgehead atoms. The summed E-state index contributed by atoms with van der Waals surface area (Å²) >= 11 is 1.36. The standard InChI is InChI=1S/C32H31FN4O3S/c1-20-7-5-9-24(33)29(20)35-31(38)27-19-21-13-16-37(26-11-4-3-8-23(26)30(21)41-27)32(39)25-10-6-12-28(34-25)36(2)22-14-17-40-18-15-22/h3-12,19,22H,13-18H2,1-2H3,(H,35,38). The lowest BCUT2D eigenvalue weighted by Gasteiger charge is -2.32. The van der Waals surface area contributed by atoms with Gasteiger partial charge in [0.05, 0.1) is 16.3 Å². The molecule has 0 saturated carbocycles. The van der Waals surface area contributed by atoms with Gasteiger partial charge in [-0.3, -0.25) is 9.59 Å². The quantitative estimate of drug-likeness (QED) is 0.304. The third-order valence-corrected chi connectivity index (χ3v) is 9.05. The zero-order valence-electron chi connectivity index (χ0n) is 23.0. The Hall–Kier alpha value is -4.08. The number of fused-ring (bicyclic) bond motifs is 3. The number of nitrogens with one attached hydrogen (secondary N) is 1. The fraction of sp³-hybridized carbons (Fsp3) is 0.281. The molecule has 1 fully saturated rings. The minimum atomic E-state index is -0.465. The zero-order valence-corrected chi connectivity index (χ0v) is 23.8. The highest BCUT2D eigenvalue weighted by atomic mass is 32.1. The molecule has 2 amide bonds. The van der Waals surface area contributed by atoms with Crippen LogP contribution in [-0.2, 0) is 11.2 Å². The molecule has 2 aromatic carbocycles. The molecule has 0 unspecified atom stereocenters. The van der Waals surface area contributed by atoms with E-state index in [1.54, 1.807) is 30.0 Å². The van der Waals surface area contributed by atoms with Crippen molar-refractivity contribution >= 4 is 40.3 Å². The van der Waals surface area contributed by atoms with Crippen LogP contribution < -0.4 is 15.1 Å². The molecule has 7 nitrogen and oxygen atoms in total. The van der Waals surface area contributed by atoms with Crippen molar-refractivity contribution in [3.8, 4) is 10.4 Å². The summed E-state index contributed by atoms with van der Waals surface area (Å²) in [6.45, 7) is 3.66. The van der Waals surface area contributed by atoms with Crippen molar-refractivity contribution in [2.45, 2.75) is 32.2 Å². The Morgan fingerprint density at radius 1 is 1.07 bits per heavy atom. The van der Waals surface area contributed by atoms with Crippen molar-refractivity contribution in [2.75, 3.05) is 41.9 Å². The van der Waals surface area contributed by atoms with E-state index in [1.807, 2.05) is 49.5 Å². The van der Waals surface area contributed by atoms with Gasteiger partial charge in [0, 0.05) is 43.3 Å². The minimum absolute atomic E-state index is 0.164. The predicted molar refractivity (Wildman–Crippen MR) is 161 cm³/mol. The SMILES string of the molecule is Cc1cccc(F)c1NC(=O)c1cc2c(s1)-c1ccccc1N(C(=O)c1cccc(N(C)C3CCOCC3)n1)CC2. The molecule has 1 saturated heterocycles. The Kier molecular flexibility index (Phi) is 7.55. The minimum Gasteiger partial charge on any atom is -0.381 e. The number of nitrogens with zero attached hydrogens (tertiary/aromatic N) is 3. The Balaban J connectivity index is 1.27. The van der Waals surface area contributed by atoms with Crippen LogP contribution in [0.25, 0.3) is 10.4 Å². The maximum atomic E-state index is 14.4. The van der Waals surface area contributed by atoms with Crippen LogP contribution >= 0.6 is 11.3 Å². The lowest BCUT2D eigenvalue weighted by Crippen LogP contribution is -2.38. The molecule has 2 aliphatic rings. The first-order valence-electron chi connectivity index (χ1n) is 13.8. The van der Waals surface area contributed by atoms with Gasteiger partial charge in [0.1, 0.15) is 17.3 Å². The van der Waals surface area contributed by atoms with Crippen LogP contribution in [0, 0.1) is 12.7 Å². The number of ether oxygens (including phenoxy) is 1. The molecule has 0 atom stereocenters. The summed E-state index contributed by atoms with van der Waals surface area (Å²) in [6, 6.07) is 20.2. The summed E-state index contributed by atoms with van der Waals surface area (Å²) in [6.07, 6.45) is 2.43. The third-order valence-electron chi connectivity index (χ3n) is 7.84. The normalized spacial score (nSPS) is 15.0. The number of pyridine rings is 1. The number of carbonyl (C=O) groups is 2. The van der Waals surface area contributed by atoms with Gasteiger partial charge in [0.2, 0.25) is 0 Å². The van der Waals surface area contributed by atoms with Crippen LogP contribution in [-0.4, -0.2) is 49.6 Å². The highest BCUT2D eigenvalue weighted by Crippen LogP contribution is 2.42. The largest absolute Gasteiger partial charge is 0.381 e. The van der Waals surface area contributed by atoms with Gasteiger partial charge in [-0.25, -0.2) is 9.37 Å². The van der Waals surface area contributed by atoms with Crippen molar-refractivity contribution < 1.29 is 18.7 Å². The Morgan fingerprint density at radius 2 is 1.85 bits per heavy atom. The number of carbonyl (C=O) groups excluding carboxylic acids is 2. The molecule has 4 heterocycles. The van der Waals surface area contributed by atoms with Gasteiger partial charge in [-0.05, 0) is 67.6 Å². The Morgan fingerprint density at radius 3 is 2.66 bits per heavy atom. The molecular formula is C32H31FN4O3S. The average Bonchev–Trinajstić information content (AvgIpc) is 3.37. The highest BCUT2D eigenvalue weighted by molar-refractivity contribution is 7.17. The van der Waals surface area contributed by atoms with E-state index < -0.39 is 5.82 Å². The maximum absolute atomic E-state index is 14.4. The summed E-state index contributed by atoms with van der Waals surface area (Å²) in [5.74, 6) is -0.211. The number of aromatic nitrogens is 1. The number of amides is 2. The molecule has 4 aromatic rings. The molecule has 2 aromatic heterocycles. The summed E-state index contributed by atoms with van der Waals surface area (Å²) in [5, 5.41) is 2.74. The average molecular weight is 571 g/mol. The van der Waals surface area contributed by atoms with E-state index in [1.165, 1.54) is 17.4 Å². The van der Waals surface area contributed by atoms with E-state index in [4.69, 9.17) is 9.72 Å². The van der Waals surface area contributed by atoms with Crippen LogP contribution in [0.2, 0.25) is 0 Å². The van der Waals surface area contributed by atoms with Gasteiger partial charge >= 0.3 is 0 Å². The fourth-order valence-electron chi connectivity index (χ4n) is 5.52. The first-order chi connectivity index (χ1) is 19.9. The molecule has 6 rings (SSSR count). The number of hydrogen-bond acceptors (Lipinski definition) is 6. The van der Waals surface area contributed by atoms with E-state index in [0.29, 0.717) is 35.1 Å². The van der Waals surface area contributed by atoms with E-state index in [-0.39, 0.29) is 17.5 Å². The molecule has 210 valence electrons. The molecule has 0 aliphatic carbocycles. The van der Waals surface area contributed by atoms with Gasteiger partial charge < -0.3 is 19.9 Å². The second-order valence-corrected chi connectivity index (χ2v) is 11.5. The van der Waals surface area contributed by atoms with E-state index in [9.17, 15) is 14.0 Å². The third kappa shape index (κ3) is 5.35. The van der Waals surface area contributed by atoms with Crippen molar-refractivity contribution in [3.05, 3.63) is 94.2 Å². The Labute approximate surface area is 242 Å². The van der Waals surface area contributed by atoms with Gasteiger partial charge in [-0.1, -0.05) is 36.4 Å². The lowest BCUT2D eigenvalue weighted by molar-refractivity contribution is 0.0853. The number of benzene rings is 2. The zero-order chi connectivity index (χ0) is 28.5. The molecule has 1 N–H and O–H groups in total. The highest BCUT2D eigenvalue weighted by Gasteiger charge is 2.29. The smallest absolute Gasteiger partial charge is 0.276 e. The second kappa shape index (κ2) is 11.4. The fourth-order valence-corrected chi connectivity index (χ4v) is 6.66. The van der Waals surface area contributed by atoms with Gasteiger partial charge in [-0.2, -0.15) is 0 Å². The first kappa shape index (κ1) is 27.1. The van der Waals surface area contributed by atoms with Crippen LogP contribution in [0.3, 0.4) is 0 Å². The molecule has 9 heteroatoms. The summed E-state index contributed by atoms with van der Waals surface area (Å²) < 4.78 is 19.9. The number of hydrogen-bond donors (Lipinski definition) is 1. The number of rotatable bonds is 5. The first-order valence-corrected chi connectivity index (χ1v) is 14.6. The van der Waals surface area contributed by atoms with Crippen molar-refractivity contribution in [1.82, 2.24) is 4.98 Å². The summed E-state index contributed by atoms with van der Waals surface area (Å²) in [5.41, 5.74) is 3.88. The molecular weight excluding hydrogens is 539 g/mol. The van der Waals surface area contributed by atoms with E-state index in [2.05, 4.69) is 10.2 Å². The number of halogens is 1. The van der Waals surface area contributed by atoms with Gasteiger partial charge in [-0.15, -0.1) is 11.3 Å². The number of aryl methyl sites for hydroxylation is 1. The van der Waals surface area contributed by atoms with Crippen molar-refractivity contribution in [2.24, 2.45) is 0 Å². The number of para-hydroxylation sites is 2. The van der Waals surface area contributed by atoms with Gasteiger partial charge in [0.15, 0.2) is 0 Å². The van der Waals surface area contributed by atoms with Crippen LogP contribution in [0.15, 0.2) is 66.7 Å². The monoisotopic (exact) mass is 570 g/mol. The Bertz CT molecular complexity index is 1590. The van der Waals surface area contributed by atoms with Crippen molar-refractivity contribution in [1.29, 1.82) is 0 Å². The molecule has 41 heavy (non-hydrogen) atoms. The predicted octanol–water partition coefficient (Wildman–Crippen LogP) is 6.33. The van der Waals surface area contributed by atoms with Crippen LogP contribution in [0.4, 0.5) is 21.6 Å². The number of anilines is 3. The van der Waals surface area contributed by atoms with E-state index in [0.717, 1.165) is 53.6 Å². The van der Waals surface area contributed by atoms with Gasteiger partial charge in [0.25, 0.3) is 11.8 Å². The van der Waals surface area contributed by atoms with Crippen LogP contribution in [0.1, 0.15) is 44.1 Å². The molecule has 2 aliphatic heterocycles. The molecule has 0 spiro atoms. The number of thiophene rings is 1. The second-order valence-electron chi connectivity index (χ2n) is 10.4. The lowest BCUT2D eigenvalue weighted by atomic mass is 10.1. The summed E-state index contributed by atoms with van der Waals surface area (Å²) in [7, 11) is 2.02. The molecule has 0 radical (unpaired) electrons. The maximum Gasteiger partial charge on any atom is 0.276 e. The van der Waals surface area contributed by atoms with Crippen molar-refractivity contribution in [3.63, 3.8) is 0 Å². The van der Waals surface area contributed by atoms with Crippen LogP contribution in [0.5, 0.6) is 0 Å². The van der Waals surface area contributed by atoms with E-state index >= 15 is 0 Å². The summed E-state index contributed by atoms with van der Waals surface area (Å²) in [4.78, 5) is 37.2.